The number of fused-ring (bicyclic) bond motifs is 1. The van der Waals surface area contributed by atoms with Crippen LogP contribution in [-0.2, 0) is 0 Å². The molecule has 0 amide bonds. The van der Waals surface area contributed by atoms with Crippen molar-refractivity contribution >= 4 is 42.8 Å². The molecule has 0 saturated carbocycles. The van der Waals surface area contributed by atoms with E-state index < -0.39 is 0 Å². The molecule has 2 N–H and O–H groups in total. The van der Waals surface area contributed by atoms with E-state index in [1.807, 2.05) is 36.4 Å². The molecule has 0 aliphatic rings. The Hall–Kier alpha value is -1.10. The zero-order chi connectivity index (χ0) is 14.3. The molecular formula is C16H13Br2NO. The standard InChI is InChI=1S/C16H13Br2NO/c1-9-2-5-14-10(6-9)7-15(20-14)16(19)12-8-11(17)3-4-13(12)18/h2-8,16H,19H2,1H3. The van der Waals surface area contributed by atoms with Crippen molar-refractivity contribution in [1.29, 1.82) is 0 Å². The molecule has 0 radical (unpaired) electrons. The van der Waals surface area contributed by atoms with Crippen molar-refractivity contribution in [3.8, 4) is 0 Å². The van der Waals surface area contributed by atoms with E-state index in [-0.39, 0.29) is 6.04 Å². The van der Waals surface area contributed by atoms with Gasteiger partial charge in [-0.05, 0) is 48.9 Å². The minimum Gasteiger partial charge on any atom is -0.459 e. The fourth-order valence-electron chi connectivity index (χ4n) is 2.24. The summed E-state index contributed by atoms with van der Waals surface area (Å²) >= 11 is 7.02. The molecule has 4 heteroatoms. The van der Waals surface area contributed by atoms with E-state index in [1.165, 1.54) is 5.56 Å². The number of halogens is 2. The first-order valence-electron chi connectivity index (χ1n) is 6.25. The predicted molar refractivity (Wildman–Crippen MR) is 88.8 cm³/mol. The molecule has 0 saturated heterocycles. The average Bonchev–Trinajstić information content (AvgIpc) is 2.83. The third kappa shape index (κ3) is 2.55. The van der Waals surface area contributed by atoms with Crippen molar-refractivity contribution in [1.82, 2.24) is 0 Å². The number of furan rings is 1. The first-order valence-corrected chi connectivity index (χ1v) is 7.84. The molecule has 3 rings (SSSR count). The molecule has 20 heavy (non-hydrogen) atoms. The highest BCUT2D eigenvalue weighted by molar-refractivity contribution is 9.11. The van der Waals surface area contributed by atoms with E-state index in [0.29, 0.717) is 0 Å². The SMILES string of the molecule is Cc1ccc2oc(C(N)c3cc(Br)ccc3Br)cc2c1. The second kappa shape index (κ2) is 5.35. The smallest absolute Gasteiger partial charge is 0.134 e. The average molecular weight is 395 g/mol. The number of nitrogens with two attached hydrogens (primary N) is 1. The van der Waals surface area contributed by atoms with Gasteiger partial charge in [0, 0.05) is 14.3 Å². The second-order valence-electron chi connectivity index (χ2n) is 4.83. The summed E-state index contributed by atoms with van der Waals surface area (Å²) in [6, 6.07) is 13.8. The van der Waals surface area contributed by atoms with Crippen LogP contribution in [0.3, 0.4) is 0 Å². The van der Waals surface area contributed by atoms with Gasteiger partial charge in [-0.25, -0.2) is 0 Å². The molecule has 1 aromatic heterocycles. The molecule has 0 aliphatic carbocycles. The van der Waals surface area contributed by atoms with Crippen LogP contribution < -0.4 is 5.73 Å². The molecule has 2 aromatic carbocycles. The fourth-order valence-corrected chi connectivity index (χ4v) is 3.11. The van der Waals surface area contributed by atoms with Crippen molar-refractivity contribution in [3.05, 3.63) is 68.3 Å². The molecule has 3 aromatic rings. The van der Waals surface area contributed by atoms with Gasteiger partial charge in [0.25, 0.3) is 0 Å². The van der Waals surface area contributed by atoms with E-state index >= 15 is 0 Å². The Kier molecular flexibility index (Phi) is 3.71. The van der Waals surface area contributed by atoms with Crippen LogP contribution in [0.2, 0.25) is 0 Å². The molecular weight excluding hydrogens is 382 g/mol. The third-order valence-electron chi connectivity index (χ3n) is 3.29. The molecule has 0 aliphatic heterocycles. The van der Waals surface area contributed by atoms with Crippen molar-refractivity contribution in [2.24, 2.45) is 5.73 Å². The van der Waals surface area contributed by atoms with E-state index in [0.717, 1.165) is 31.2 Å². The number of hydrogen-bond acceptors (Lipinski definition) is 2. The Morgan fingerprint density at radius 2 is 1.85 bits per heavy atom. The lowest BCUT2D eigenvalue weighted by atomic mass is 10.1. The number of aryl methyl sites for hydroxylation is 1. The quantitative estimate of drug-likeness (QED) is 0.639. The zero-order valence-corrected chi connectivity index (χ0v) is 14.0. The normalized spacial score (nSPS) is 12.8. The summed E-state index contributed by atoms with van der Waals surface area (Å²) in [5, 5.41) is 1.08. The van der Waals surface area contributed by atoms with Crippen molar-refractivity contribution in [2.75, 3.05) is 0 Å². The van der Waals surface area contributed by atoms with Crippen molar-refractivity contribution in [2.45, 2.75) is 13.0 Å². The van der Waals surface area contributed by atoms with Gasteiger partial charge in [0.15, 0.2) is 0 Å². The molecule has 2 nitrogen and oxygen atoms in total. The van der Waals surface area contributed by atoms with Crippen LogP contribution in [0.1, 0.15) is 22.9 Å². The van der Waals surface area contributed by atoms with Crippen molar-refractivity contribution in [3.63, 3.8) is 0 Å². The summed E-state index contributed by atoms with van der Waals surface area (Å²) in [5.74, 6) is 0.768. The van der Waals surface area contributed by atoms with Gasteiger partial charge in [0.2, 0.25) is 0 Å². The van der Waals surface area contributed by atoms with Crippen LogP contribution in [0.25, 0.3) is 11.0 Å². The summed E-state index contributed by atoms with van der Waals surface area (Å²) < 4.78 is 7.85. The molecule has 1 unspecified atom stereocenters. The third-order valence-corrected chi connectivity index (χ3v) is 4.51. The van der Waals surface area contributed by atoms with Gasteiger partial charge in [0.05, 0.1) is 6.04 Å². The van der Waals surface area contributed by atoms with Gasteiger partial charge < -0.3 is 10.2 Å². The van der Waals surface area contributed by atoms with Gasteiger partial charge in [0.1, 0.15) is 11.3 Å². The second-order valence-corrected chi connectivity index (χ2v) is 6.60. The minimum absolute atomic E-state index is 0.297. The molecule has 0 bridgehead atoms. The highest BCUT2D eigenvalue weighted by Gasteiger charge is 2.17. The summed E-state index contributed by atoms with van der Waals surface area (Å²) in [5.41, 5.74) is 9.42. The Balaban J connectivity index is 2.07. The summed E-state index contributed by atoms with van der Waals surface area (Å²) in [7, 11) is 0. The van der Waals surface area contributed by atoms with Gasteiger partial charge in [-0.2, -0.15) is 0 Å². The Morgan fingerprint density at radius 3 is 2.65 bits per heavy atom. The Labute approximate surface area is 134 Å². The van der Waals surface area contributed by atoms with Crippen LogP contribution in [0.15, 0.2) is 55.8 Å². The van der Waals surface area contributed by atoms with Crippen LogP contribution in [0, 0.1) is 6.92 Å². The molecule has 102 valence electrons. The number of rotatable bonds is 2. The molecule has 0 fully saturated rings. The first-order chi connectivity index (χ1) is 9.54. The van der Waals surface area contributed by atoms with Crippen LogP contribution >= 0.6 is 31.9 Å². The summed E-state index contributed by atoms with van der Waals surface area (Å²) in [6.45, 7) is 2.07. The minimum atomic E-state index is -0.297. The van der Waals surface area contributed by atoms with E-state index in [9.17, 15) is 0 Å². The maximum atomic E-state index is 6.34. The number of benzene rings is 2. The van der Waals surface area contributed by atoms with E-state index in [2.05, 4.69) is 44.8 Å². The predicted octanol–water partition coefficient (Wildman–Crippen LogP) is 5.31. The van der Waals surface area contributed by atoms with Gasteiger partial charge in [-0.3, -0.25) is 0 Å². The maximum Gasteiger partial charge on any atom is 0.134 e. The van der Waals surface area contributed by atoms with Gasteiger partial charge >= 0.3 is 0 Å². The number of hydrogen-bond donors (Lipinski definition) is 1. The largest absolute Gasteiger partial charge is 0.459 e. The van der Waals surface area contributed by atoms with Gasteiger partial charge in [-0.1, -0.05) is 43.5 Å². The lowest BCUT2D eigenvalue weighted by molar-refractivity contribution is 0.524. The fraction of sp³-hybridized carbons (Fsp3) is 0.125. The highest BCUT2D eigenvalue weighted by atomic mass is 79.9. The van der Waals surface area contributed by atoms with Crippen LogP contribution in [0.4, 0.5) is 0 Å². The van der Waals surface area contributed by atoms with Gasteiger partial charge in [-0.15, -0.1) is 0 Å². The molecule has 1 atom stereocenters. The molecule has 0 spiro atoms. The highest BCUT2D eigenvalue weighted by Crippen LogP contribution is 2.32. The maximum absolute atomic E-state index is 6.34. The Bertz CT molecular complexity index is 779. The monoisotopic (exact) mass is 393 g/mol. The van der Waals surface area contributed by atoms with E-state index in [1.54, 1.807) is 0 Å². The van der Waals surface area contributed by atoms with Crippen LogP contribution in [0.5, 0.6) is 0 Å². The topological polar surface area (TPSA) is 39.2 Å². The first kappa shape index (κ1) is 13.9. The Morgan fingerprint density at radius 1 is 1.05 bits per heavy atom. The summed E-state index contributed by atoms with van der Waals surface area (Å²) in [4.78, 5) is 0. The van der Waals surface area contributed by atoms with Crippen LogP contribution in [-0.4, -0.2) is 0 Å². The summed E-state index contributed by atoms with van der Waals surface area (Å²) in [6.07, 6.45) is 0. The lowest BCUT2D eigenvalue weighted by Crippen LogP contribution is -2.11. The zero-order valence-electron chi connectivity index (χ0n) is 10.9. The van der Waals surface area contributed by atoms with Crippen molar-refractivity contribution < 1.29 is 4.42 Å². The lowest BCUT2D eigenvalue weighted by Gasteiger charge is -2.11. The molecule has 1 heterocycles. The van der Waals surface area contributed by atoms with E-state index in [4.69, 9.17) is 10.2 Å².